The smallest absolute Gasteiger partial charge is 0.259 e. The number of nitrogens with one attached hydrogen (secondary N) is 1. The second kappa shape index (κ2) is 6.79. The average molecular weight is 333 g/mol. The van der Waals surface area contributed by atoms with Gasteiger partial charge in [0.05, 0.1) is 5.56 Å². The first-order valence-corrected chi connectivity index (χ1v) is 7.42. The monoisotopic (exact) mass is 333 g/mol. The van der Waals surface area contributed by atoms with E-state index in [2.05, 4.69) is 15.3 Å². The van der Waals surface area contributed by atoms with Crippen molar-refractivity contribution in [2.24, 2.45) is 5.73 Å². The summed E-state index contributed by atoms with van der Waals surface area (Å²) in [6, 6.07) is 11.7. The molecule has 2 heterocycles. The molecule has 7 heteroatoms. The van der Waals surface area contributed by atoms with Crippen molar-refractivity contribution in [1.82, 2.24) is 9.97 Å². The van der Waals surface area contributed by atoms with E-state index in [0.29, 0.717) is 22.4 Å². The van der Waals surface area contributed by atoms with Gasteiger partial charge in [-0.3, -0.25) is 14.6 Å². The van der Waals surface area contributed by atoms with Gasteiger partial charge in [0.2, 0.25) is 5.91 Å². The number of nitrogens with zero attached hydrogens (tertiary/aromatic N) is 2. The van der Waals surface area contributed by atoms with Crippen LogP contribution in [-0.4, -0.2) is 21.8 Å². The standard InChI is InChI=1S/C18H15N5O2/c19-16-15(18(25)23-12-5-7-21-8-6-12)9-11(10-22-16)13-3-1-2-4-14(13)17(20)24/h1-10H,(H2,19,22)(H2,20,24)(H,21,23,25). The maximum Gasteiger partial charge on any atom is 0.259 e. The molecule has 124 valence electrons. The fourth-order valence-electron chi connectivity index (χ4n) is 2.39. The Morgan fingerprint density at radius 2 is 1.72 bits per heavy atom. The summed E-state index contributed by atoms with van der Waals surface area (Å²) in [5.41, 5.74) is 13.5. The highest BCUT2D eigenvalue weighted by atomic mass is 16.2. The van der Waals surface area contributed by atoms with Gasteiger partial charge >= 0.3 is 0 Å². The van der Waals surface area contributed by atoms with Gasteiger partial charge in [-0.1, -0.05) is 18.2 Å². The van der Waals surface area contributed by atoms with Gasteiger partial charge in [-0.25, -0.2) is 4.98 Å². The van der Waals surface area contributed by atoms with Crippen molar-refractivity contribution in [1.29, 1.82) is 0 Å². The number of anilines is 2. The molecule has 25 heavy (non-hydrogen) atoms. The lowest BCUT2D eigenvalue weighted by Gasteiger charge is -2.11. The quantitative estimate of drug-likeness (QED) is 0.674. The van der Waals surface area contributed by atoms with Gasteiger partial charge in [0.1, 0.15) is 5.82 Å². The van der Waals surface area contributed by atoms with Crippen molar-refractivity contribution in [3.8, 4) is 11.1 Å². The summed E-state index contributed by atoms with van der Waals surface area (Å²) < 4.78 is 0. The van der Waals surface area contributed by atoms with E-state index in [0.717, 1.165) is 0 Å². The third kappa shape index (κ3) is 3.45. The molecular weight excluding hydrogens is 318 g/mol. The van der Waals surface area contributed by atoms with E-state index >= 15 is 0 Å². The Labute approximate surface area is 143 Å². The SMILES string of the molecule is NC(=O)c1ccccc1-c1cnc(N)c(C(=O)Nc2ccncc2)c1. The highest BCUT2D eigenvalue weighted by Gasteiger charge is 2.15. The Kier molecular flexibility index (Phi) is 4.38. The Balaban J connectivity index is 1.99. The number of aromatic nitrogens is 2. The van der Waals surface area contributed by atoms with Crippen LogP contribution >= 0.6 is 0 Å². The molecule has 1 aromatic carbocycles. The Bertz CT molecular complexity index is 941. The first-order valence-electron chi connectivity index (χ1n) is 7.42. The van der Waals surface area contributed by atoms with Crippen LogP contribution in [0.2, 0.25) is 0 Å². The molecule has 0 aliphatic rings. The van der Waals surface area contributed by atoms with Crippen LogP contribution in [0.4, 0.5) is 11.5 Å². The minimum absolute atomic E-state index is 0.0897. The molecule has 0 saturated heterocycles. The van der Waals surface area contributed by atoms with Gasteiger partial charge in [0.25, 0.3) is 5.91 Å². The molecule has 0 bridgehead atoms. The molecule has 0 fully saturated rings. The topological polar surface area (TPSA) is 124 Å². The van der Waals surface area contributed by atoms with Crippen LogP contribution in [0.15, 0.2) is 61.1 Å². The van der Waals surface area contributed by atoms with Gasteiger partial charge < -0.3 is 16.8 Å². The van der Waals surface area contributed by atoms with Crippen molar-refractivity contribution < 1.29 is 9.59 Å². The van der Waals surface area contributed by atoms with Crippen molar-refractivity contribution in [3.05, 3.63) is 72.2 Å². The summed E-state index contributed by atoms with van der Waals surface area (Å²) in [5.74, 6) is -0.878. The van der Waals surface area contributed by atoms with Gasteiger partial charge in [-0.2, -0.15) is 0 Å². The number of rotatable bonds is 4. The van der Waals surface area contributed by atoms with Gasteiger partial charge in [-0.05, 0) is 29.8 Å². The number of hydrogen-bond acceptors (Lipinski definition) is 5. The summed E-state index contributed by atoms with van der Waals surface area (Å²) in [6.07, 6.45) is 4.63. The molecule has 3 aromatic rings. The normalized spacial score (nSPS) is 10.2. The van der Waals surface area contributed by atoms with E-state index in [-0.39, 0.29) is 11.4 Å². The Hall–Kier alpha value is -3.74. The first-order chi connectivity index (χ1) is 12.1. The molecule has 2 aromatic heterocycles. The summed E-state index contributed by atoms with van der Waals surface area (Å²) in [7, 11) is 0. The molecule has 2 amide bonds. The van der Waals surface area contributed by atoms with Crippen molar-refractivity contribution in [2.75, 3.05) is 11.1 Å². The first kappa shape index (κ1) is 16.1. The predicted octanol–water partition coefficient (Wildman–Crippen LogP) is 2.08. The van der Waals surface area contributed by atoms with Crippen LogP contribution in [0.25, 0.3) is 11.1 Å². The maximum atomic E-state index is 12.5. The zero-order valence-electron chi connectivity index (χ0n) is 13.1. The van der Waals surface area contributed by atoms with Gasteiger partial charge in [0, 0.05) is 35.4 Å². The number of primary amides is 1. The highest BCUT2D eigenvalue weighted by molar-refractivity contribution is 6.08. The minimum atomic E-state index is -0.560. The predicted molar refractivity (Wildman–Crippen MR) is 94.8 cm³/mol. The number of benzene rings is 1. The van der Waals surface area contributed by atoms with Crippen molar-refractivity contribution >= 4 is 23.3 Å². The summed E-state index contributed by atoms with van der Waals surface area (Å²) in [6.45, 7) is 0. The molecule has 0 aliphatic heterocycles. The lowest BCUT2D eigenvalue weighted by atomic mass is 9.99. The van der Waals surface area contributed by atoms with E-state index in [4.69, 9.17) is 11.5 Å². The van der Waals surface area contributed by atoms with E-state index in [1.54, 1.807) is 54.9 Å². The molecule has 0 aliphatic carbocycles. The van der Waals surface area contributed by atoms with E-state index < -0.39 is 11.8 Å². The zero-order valence-corrected chi connectivity index (χ0v) is 13.1. The fourth-order valence-corrected chi connectivity index (χ4v) is 2.39. The largest absolute Gasteiger partial charge is 0.383 e. The number of hydrogen-bond donors (Lipinski definition) is 3. The second-order valence-electron chi connectivity index (χ2n) is 5.26. The Morgan fingerprint density at radius 3 is 2.44 bits per heavy atom. The third-order valence-corrected chi connectivity index (χ3v) is 3.60. The van der Waals surface area contributed by atoms with Crippen molar-refractivity contribution in [2.45, 2.75) is 0 Å². The van der Waals surface area contributed by atoms with E-state index in [1.165, 1.54) is 6.20 Å². The molecule has 0 spiro atoms. The lowest BCUT2D eigenvalue weighted by Crippen LogP contribution is -2.16. The van der Waals surface area contributed by atoms with Crippen LogP contribution in [-0.2, 0) is 0 Å². The van der Waals surface area contributed by atoms with Crippen LogP contribution < -0.4 is 16.8 Å². The minimum Gasteiger partial charge on any atom is -0.383 e. The lowest BCUT2D eigenvalue weighted by molar-refractivity contribution is 0.0998. The maximum absolute atomic E-state index is 12.5. The van der Waals surface area contributed by atoms with Crippen LogP contribution in [0, 0.1) is 0 Å². The molecule has 0 radical (unpaired) electrons. The van der Waals surface area contributed by atoms with Crippen LogP contribution in [0.3, 0.4) is 0 Å². The molecule has 0 unspecified atom stereocenters. The molecule has 0 saturated carbocycles. The number of amides is 2. The second-order valence-corrected chi connectivity index (χ2v) is 5.26. The Morgan fingerprint density at radius 1 is 1.00 bits per heavy atom. The summed E-state index contributed by atoms with van der Waals surface area (Å²) in [5, 5.41) is 2.72. The van der Waals surface area contributed by atoms with Crippen molar-refractivity contribution in [3.63, 3.8) is 0 Å². The van der Waals surface area contributed by atoms with Crippen LogP contribution in [0.5, 0.6) is 0 Å². The summed E-state index contributed by atoms with van der Waals surface area (Å²) >= 11 is 0. The van der Waals surface area contributed by atoms with Gasteiger partial charge in [-0.15, -0.1) is 0 Å². The molecule has 3 rings (SSSR count). The zero-order chi connectivity index (χ0) is 17.8. The third-order valence-electron chi connectivity index (χ3n) is 3.60. The van der Waals surface area contributed by atoms with Gasteiger partial charge in [0.15, 0.2) is 0 Å². The number of pyridine rings is 2. The molecular formula is C18H15N5O2. The average Bonchev–Trinajstić information content (AvgIpc) is 2.63. The fraction of sp³-hybridized carbons (Fsp3) is 0. The molecule has 7 nitrogen and oxygen atoms in total. The number of carbonyl (C=O) groups is 2. The highest BCUT2D eigenvalue weighted by Crippen LogP contribution is 2.26. The summed E-state index contributed by atoms with van der Waals surface area (Å²) in [4.78, 5) is 32.1. The number of carbonyl (C=O) groups excluding carboxylic acids is 2. The van der Waals surface area contributed by atoms with E-state index in [1.807, 2.05) is 0 Å². The molecule has 0 atom stereocenters. The number of nitrogens with two attached hydrogens (primary N) is 2. The molecule has 5 N–H and O–H groups in total. The number of nitrogen functional groups attached to an aromatic ring is 1. The van der Waals surface area contributed by atoms with E-state index in [9.17, 15) is 9.59 Å². The van der Waals surface area contributed by atoms with Crippen LogP contribution in [0.1, 0.15) is 20.7 Å².